The van der Waals surface area contributed by atoms with Crippen LogP contribution in [0.3, 0.4) is 0 Å². The molecule has 0 spiro atoms. The molecule has 2 N–H and O–H groups in total. The number of nitrogens with zero attached hydrogens (tertiary/aromatic N) is 4. The fourth-order valence-electron chi connectivity index (χ4n) is 3.10. The fourth-order valence-corrected chi connectivity index (χ4v) is 3.10. The van der Waals surface area contributed by atoms with Gasteiger partial charge in [-0.25, -0.2) is 15.0 Å². The van der Waals surface area contributed by atoms with Crippen molar-refractivity contribution < 1.29 is 4.92 Å². The molecular formula is C17H22N6O2. The Hall–Kier alpha value is -2.77. The first kappa shape index (κ1) is 17.1. The normalized spacial score (nSPS) is 15.4. The molecule has 2 aromatic rings. The summed E-state index contributed by atoms with van der Waals surface area (Å²) in [5, 5.41) is 17.8. The molecule has 0 atom stereocenters. The van der Waals surface area contributed by atoms with Crippen molar-refractivity contribution in [2.75, 3.05) is 10.6 Å². The molecule has 0 radical (unpaired) electrons. The highest BCUT2D eigenvalue weighted by molar-refractivity contribution is 5.72. The van der Waals surface area contributed by atoms with Gasteiger partial charge in [0.25, 0.3) is 0 Å². The maximum absolute atomic E-state index is 11.6. The van der Waals surface area contributed by atoms with Crippen LogP contribution >= 0.6 is 0 Å². The number of nitro groups is 1. The second-order valence-electron chi connectivity index (χ2n) is 6.30. The van der Waals surface area contributed by atoms with E-state index in [2.05, 4.69) is 25.6 Å². The van der Waals surface area contributed by atoms with Gasteiger partial charge in [0.1, 0.15) is 12.1 Å². The van der Waals surface area contributed by atoms with Crippen LogP contribution in [0.5, 0.6) is 0 Å². The van der Waals surface area contributed by atoms with Gasteiger partial charge in [0.2, 0.25) is 11.6 Å². The summed E-state index contributed by atoms with van der Waals surface area (Å²) >= 11 is 0. The second kappa shape index (κ2) is 7.87. The standard InChI is InChI=1S/C17H22N6O2/c1-12-7-6-10-14(20-12)22-17-15(23(24)25)16(18-11-19-17)21-13-8-4-2-3-5-9-13/h6-7,10-11,13H,2-5,8-9H2,1H3,(H2,18,19,20,21,22). The van der Waals surface area contributed by atoms with Gasteiger partial charge in [-0.05, 0) is 31.9 Å². The predicted molar refractivity (Wildman–Crippen MR) is 96.1 cm³/mol. The van der Waals surface area contributed by atoms with Gasteiger partial charge in [0.15, 0.2) is 0 Å². The molecule has 0 saturated heterocycles. The molecule has 2 heterocycles. The summed E-state index contributed by atoms with van der Waals surface area (Å²) in [4.78, 5) is 23.7. The molecule has 1 aliphatic rings. The Morgan fingerprint density at radius 1 is 1.12 bits per heavy atom. The molecule has 1 saturated carbocycles. The van der Waals surface area contributed by atoms with Gasteiger partial charge in [-0.2, -0.15) is 0 Å². The Morgan fingerprint density at radius 2 is 1.84 bits per heavy atom. The number of pyridine rings is 1. The van der Waals surface area contributed by atoms with Crippen LogP contribution in [-0.4, -0.2) is 25.9 Å². The van der Waals surface area contributed by atoms with Gasteiger partial charge in [0.05, 0.1) is 4.92 Å². The van der Waals surface area contributed by atoms with Crippen molar-refractivity contribution in [2.24, 2.45) is 0 Å². The lowest BCUT2D eigenvalue weighted by molar-refractivity contribution is -0.383. The van der Waals surface area contributed by atoms with E-state index in [1.807, 2.05) is 19.1 Å². The van der Waals surface area contributed by atoms with Crippen molar-refractivity contribution in [3.8, 4) is 0 Å². The van der Waals surface area contributed by atoms with Crippen LogP contribution in [0.4, 0.5) is 23.1 Å². The molecule has 1 aliphatic carbocycles. The average Bonchev–Trinajstić information content (AvgIpc) is 2.83. The van der Waals surface area contributed by atoms with Gasteiger partial charge in [-0.15, -0.1) is 0 Å². The minimum Gasteiger partial charge on any atom is -0.361 e. The molecule has 8 nitrogen and oxygen atoms in total. The van der Waals surface area contributed by atoms with Crippen molar-refractivity contribution in [3.05, 3.63) is 40.3 Å². The molecule has 0 aromatic carbocycles. The summed E-state index contributed by atoms with van der Waals surface area (Å²) in [6.45, 7) is 1.86. The smallest absolute Gasteiger partial charge is 0.353 e. The van der Waals surface area contributed by atoms with Crippen molar-refractivity contribution >= 4 is 23.1 Å². The average molecular weight is 342 g/mol. The number of nitrogens with one attached hydrogen (secondary N) is 2. The maximum atomic E-state index is 11.6. The molecule has 25 heavy (non-hydrogen) atoms. The maximum Gasteiger partial charge on any atom is 0.353 e. The molecule has 0 amide bonds. The highest BCUT2D eigenvalue weighted by Gasteiger charge is 2.25. The summed E-state index contributed by atoms with van der Waals surface area (Å²) in [6, 6.07) is 5.65. The summed E-state index contributed by atoms with van der Waals surface area (Å²) < 4.78 is 0. The highest BCUT2D eigenvalue weighted by Crippen LogP contribution is 2.32. The summed E-state index contributed by atoms with van der Waals surface area (Å²) in [5.74, 6) is 0.929. The van der Waals surface area contributed by atoms with Crippen LogP contribution < -0.4 is 10.6 Å². The number of rotatable bonds is 5. The summed E-state index contributed by atoms with van der Waals surface area (Å²) in [5.41, 5.74) is 0.675. The lowest BCUT2D eigenvalue weighted by atomic mass is 10.1. The number of aromatic nitrogens is 3. The molecule has 0 unspecified atom stereocenters. The van der Waals surface area contributed by atoms with Crippen LogP contribution in [0.25, 0.3) is 0 Å². The van der Waals surface area contributed by atoms with Crippen LogP contribution in [0.15, 0.2) is 24.5 Å². The Balaban J connectivity index is 1.87. The van der Waals surface area contributed by atoms with E-state index < -0.39 is 4.92 Å². The zero-order valence-electron chi connectivity index (χ0n) is 14.2. The highest BCUT2D eigenvalue weighted by atomic mass is 16.6. The molecule has 2 aromatic heterocycles. The lowest BCUT2D eigenvalue weighted by Crippen LogP contribution is -2.20. The molecular weight excluding hydrogens is 320 g/mol. The van der Waals surface area contributed by atoms with Crippen LogP contribution in [0.2, 0.25) is 0 Å². The van der Waals surface area contributed by atoms with E-state index >= 15 is 0 Å². The monoisotopic (exact) mass is 342 g/mol. The van der Waals surface area contributed by atoms with Crippen molar-refractivity contribution in [1.82, 2.24) is 15.0 Å². The number of anilines is 3. The van der Waals surface area contributed by atoms with Gasteiger partial charge >= 0.3 is 5.69 Å². The number of aryl methyl sites for hydroxylation is 1. The van der Waals surface area contributed by atoms with E-state index in [-0.39, 0.29) is 23.4 Å². The van der Waals surface area contributed by atoms with E-state index in [4.69, 9.17) is 0 Å². The molecule has 3 rings (SSSR count). The molecule has 0 bridgehead atoms. The van der Waals surface area contributed by atoms with Crippen LogP contribution in [0.1, 0.15) is 44.2 Å². The Morgan fingerprint density at radius 3 is 2.52 bits per heavy atom. The summed E-state index contributed by atoms with van der Waals surface area (Å²) in [7, 11) is 0. The third-order valence-electron chi connectivity index (χ3n) is 4.34. The molecule has 1 fully saturated rings. The zero-order valence-corrected chi connectivity index (χ0v) is 14.2. The van der Waals surface area contributed by atoms with Crippen LogP contribution in [0, 0.1) is 17.0 Å². The first-order valence-corrected chi connectivity index (χ1v) is 8.60. The minimum atomic E-state index is -0.447. The molecule has 8 heteroatoms. The van der Waals surface area contributed by atoms with E-state index in [0.29, 0.717) is 5.82 Å². The number of hydrogen-bond donors (Lipinski definition) is 2. The van der Waals surface area contributed by atoms with Gasteiger partial charge < -0.3 is 10.6 Å². The van der Waals surface area contributed by atoms with E-state index in [0.717, 1.165) is 31.4 Å². The van der Waals surface area contributed by atoms with Gasteiger partial charge in [-0.1, -0.05) is 31.7 Å². The lowest BCUT2D eigenvalue weighted by Gasteiger charge is -2.17. The SMILES string of the molecule is Cc1cccc(Nc2ncnc(NC3CCCCCC3)c2[N+](=O)[O-])n1. The van der Waals surface area contributed by atoms with Crippen molar-refractivity contribution in [2.45, 2.75) is 51.5 Å². The Kier molecular flexibility index (Phi) is 5.37. The van der Waals surface area contributed by atoms with Gasteiger partial charge in [0, 0.05) is 11.7 Å². The van der Waals surface area contributed by atoms with E-state index in [1.165, 1.54) is 19.2 Å². The second-order valence-corrected chi connectivity index (χ2v) is 6.30. The Labute approximate surface area is 146 Å². The van der Waals surface area contributed by atoms with Crippen molar-refractivity contribution in [1.29, 1.82) is 0 Å². The quantitative estimate of drug-likeness (QED) is 0.481. The Bertz CT molecular complexity index is 744. The fraction of sp³-hybridized carbons (Fsp3) is 0.471. The third-order valence-corrected chi connectivity index (χ3v) is 4.34. The zero-order chi connectivity index (χ0) is 17.6. The third kappa shape index (κ3) is 4.40. The predicted octanol–water partition coefficient (Wildman–Crippen LogP) is 3.97. The summed E-state index contributed by atoms with van der Waals surface area (Å²) in [6.07, 6.45) is 8.05. The number of hydrogen-bond acceptors (Lipinski definition) is 7. The van der Waals surface area contributed by atoms with Gasteiger partial charge in [-0.3, -0.25) is 10.1 Å². The first-order valence-electron chi connectivity index (χ1n) is 8.60. The first-order chi connectivity index (χ1) is 12.1. The van der Waals surface area contributed by atoms with E-state index in [9.17, 15) is 10.1 Å². The largest absolute Gasteiger partial charge is 0.361 e. The van der Waals surface area contributed by atoms with Crippen molar-refractivity contribution in [3.63, 3.8) is 0 Å². The van der Waals surface area contributed by atoms with Crippen LogP contribution in [-0.2, 0) is 0 Å². The molecule has 132 valence electrons. The topological polar surface area (TPSA) is 106 Å². The minimum absolute atomic E-state index is 0.143. The van der Waals surface area contributed by atoms with E-state index in [1.54, 1.807) is 6.07 Å². The molecule has 0 aliphatic heterocycles.